The second kappa shape index (κ2) is 5.93. The fourth-order valence-electron chi connectivity index (χ4n) is 1.51. The van der Waals surface area contributed by atoms with Crippen LogP contribution in [0.15, 0.2) is 12.3 Å². The van der Waals surface area contributed by atoms with E-state index in [2.05, 4.69) is 9.69 Å². The molecule has 5 nitrogen and oxygen atoms in total. The monoisotopic (exact) mass is 242 g/mol. The molecular weight excluding hydrogens is 228 g/mol. The molecule has 1 aromatic heterocycles. The van der Waals surface area contributed by atoms with Crippen LogP contribution in [0.5, 0.6) is 0 Å². The molecule has 1 N–H and O–H groups in total. The Hall–Kier alpha value is -0.980. The zero-order valence-electron chi connectivity index (χ0n) is 8.85. The lowest BCUT2D eigenvalue weighted by Crippen LogP contribution is -2.22. The van der Waals surface area contributed by atoms with Gasteiger partial charge in [0.1, 0.15) is 11.6 Å². The number of carbonyl (C=O) groups excluding carboxylic acids is 1. The minimum Gasteiger partial charge on any atom is -0.376 e. The first kappa shape index (κ1) is 11.5. The number of hydrogen-bond acceptors (Lipinski definition) is 5. The summed E-state index contributed by atoms with van der Waals surface area (Å²) in [6, 6.07) is 1.75. The first-order valence-electron chi connectivity index (χ1n) is 5.24. The molecule has 88 valence electrons. The van der Waals surface area contributed by atoms with Crippen molar-refractivity contribution in [1.29, 1.82) is 0 Å². The van der Waals surface area contributed by atoms with Gasteiger partial charge in [0.15, 0.2) is 0 Å². The maximum Gasteiger partial charge on any atom is 0.251 e. The predicted molar refractivity (Wildman–Crippen MR) is 60.5 cm³/mol. The van der Waals surface area contributed by atoms with Gasteiger partial charge < -0.3 is 14.8 Å². The minimum absolute atomic E-state index is 0.0672. The Kier molecular flexibility index (Phi) is 4.26. The molecule has 0 bridgehead atoms. The molecule has 1 saturated heterocycles. The Morgan fingerprint density at radius 3 is 3.38 bits per heavy atom. The van der Waals surface area contributed by atoms with E-state index in [1.807, 2.05) is 0 Å². The molecule has 0 saturated carbocycles. The number of nitrogens with zero attached hydrogens (tertiary/aromatic N) is 1. The van der Waals surface area contributed by atoms with Crippen LogP contribution in [-0.4, -0.2) is 36.2 Å². The van der Waals surface area contributed by atoms with E-state index in [4.69, 9.17) is 9.47 Å². The van der Waals surface area contributed by atoms with Crippen LogP contribution >= 0.6 is 11.5 Å². The molecule has 1 atom stereocenters. The third-order valence-electron chi connectivity index (χ3n) is 2.26. The van der Waals surface area contributed by atoms with Gasteiger partial charge in [-0.3, -0.25) is 4.79 Å². The van der Waals surface area contributed by atoms with Gasteiger partial charge >= 0.3 is 0 Å². The minimum atomic E-state index is -0.151. The van der Waals surface area contributed by atoms with Crippen molar-refractivity contribution >= 4 is 22.4 Å². The summed E-state index contributed by atoms with van der Waals surface area (Å²) in [6.07, 6.45) is 3.92. The van der Waals surface area contributed by atoms with Gasteiger partial charge in [-0.2, -0.15) is 4.37 Å². The standard InChI is InChI=1S/C10H14N2O3S/c13-9(12-10-3-4-11-16-10)7-14-6-8-2-1-5-15-8/h3-4,8H,1-2,5-7H2,(H,12,13). The molecule has 0 aliphatic carbocycles. The Balaban J connectivity index is 1.60. The van der Waals surface area contributed by atoms with Crippen molar-refractivity contribution in [3.63, 3.8) is 0 Å². The molecule has 0 aromatic carbocycles. The van der Waals surface area contributed by atoms with Gasteiger partial charge in [-0.25, -0.2) is 0 Å². The summed E-state index contributed by atoms with van der Waals surface area (Å²) in [6.45, 7) is 1.37. The van der Waals surface area contributed by atoms with Crippen LogP contribution in [0.25, 0.3) is 0 Å². The molecule has 1 unspecified atom stereocenters. The molecule has 0 radical (unpaired) electrons. The maximum atomic E-state index is 11.4. The summed E-state index contributed by atoms with van der Waals surface area (Å²) < 4.78 is 14.5. The number of carbonyl (C=O) groups is 1. The molecule has 1 amide bonds. The van der Waals surface area contributed by atoms with E-state index in [1.54, 1.807) is 12.3 Å². The van der Waals surface area contributed by atoms with Crippen molar-refractivity contribution in [2.45, 2.75) is 18.9 Å². The number of hydrogen-bond donors (Lipinski definition) is 1. The van der Waals surface area contributed by atoms with Crippen molar-refractivity contribution in [1.82, 2.24) is 4.37 Å². The quantitative estimate of drug-likeness (QED) is 0.845. The lowest BCUT2D eigenvalue weighted by molar-refractivity contribution is -0.121. The highest BCUT2D eigenvalue weighted by atomic mass is 32.1. The zero-order valence-corrected chi connectivity index (χ0v) is 9.66. The summed E-state index contributed by atoms with van der Waals surface area (Å²) in [4.78, 5) is 11.4. The summed E-state index contributed by atoms with van der Waals surface area (Å²) in [5, 5.41) is 3.44. The molecule has 1 fully saturated rings. The summed E-state index contributed by atoms with van der Waals surface area (Å²) in [5.41, 5.74) is 0. The van der Waals surface area contributed by atoms with Gasteiger partial charge in [0, 0.05) is 12.8 Å². The molecule has 1 aromatic rings. The van der Waals surface area contributed by atoms with E-state index in [1.165, 1.54) is 11.5 Å². The number of rotatable bonds is 5. The van der Waals surface area contributed by atoms with E-state index in [0.29, 0.717) is 6.61 Å². The zero-order chi connectivity index (χ0) is 11.2. The lowest BCUT2D eigenvalue weighted by atomic mass is 10.2. The van der Waals surface area contributed by atoms with Gasteiger partial charge in [-0.15, -0.1) is 0 Å². The Labute approximate surface area is 97.9 Å². The van der Waals surface area contributed by atoms with E-state index in [9.17, 15) is 4.79 Å². The topological polar surface area (TPSA) is 60.5 Å². The first-order valence-corrected chi connectivity index (χ1v) is 6.02. The van der Waals surface area contributed by atoms with Crippen LogP contribution in [0.1, 0.15) is 12.8 Å². The number of anilines is 1. The van der Waals surface area contributed by atoms with Crippen LogP contribution in [-0.2, 0) is 14.3 Å². The van der Waals surface area contributed by atoms with Crippen LogP contribution in [0.3, 0.4) is 0 Å². The first-order chi connectivity index (χ1) is 7.84. The van der Waals surface area contributed by atoms with E-state index < -0.39 is 0 Å². The number of ether oxygens (including phenoxy) is 2. The maximum absolute atomic E-state index is 11.4. The summed E-state index contributed by atoms with van der Waals surface area (Å²) in [5.74, 6) is -0.151. The largest absolute Gasteiger partial charge is 0.376 e. The predicted octanol–water partition coefficient (Wildman–Crippen LogP) is 1.28. The van der Waals surface area contributed by atoms with Crippen LogP contribution < -0.4 is 5.32 Å². The smallest absolute Gasteiger partial charge is 0.251 e. The Morgan fingerprint density at radius 1 is 1.75 bits per heavy atom. The van der Waals surface area contributed by atoms with Gasteiger partial charge in [-0.05, 0) is 30.4 Å². The van der Waals surface area contributed by atoms with Crippen molar-refractivity contribution in [3.8, 4) is 0 Å². The number of nitrogens with one attached hydrogen (secondary N) is 1. The van der Waals surface area contributed by atoms with Gasteiger partial charge in [0.25, 0.3) is 5.91 Å². The second-order valence-electron chi connectivity index (χ2n) is 3.58. The highest BCUT2D eigenvalue weighted by Gasteiger charge is 2.15. The fourth-order valence-corrected chi connectivity index (χ4v) is 2.03. The molecule has 2 rings (SSSR count). The average Bonchev–Trinajstić information content (AvgIpc) is 2.90. The average molecular weight is 242 g/mol. The second-order valence-corrected chi connectivity index (χ2v) is 4.41. The van der Waals surface area contributed by atoms with E-state index in [0.717, 1.165) is 24.4 Å². The van der Waals surface area contributed by atoms with Gasteiger partial charge in [-0.1, -0.05) is 0 Å². The fraction of sp³-hybridized carbons (Fsp3) is 0.600. The highest BCUT2D eigenvalue weighted by molar-refractivity contribution is 7.10. The molecule has 1 aliphatic rings. The van der Waals surface area contributed by atoms with Crippen LogP contribution in [0.2, 0.25) is 0 Å². The van der Waals surface area contributed by atoms with Crippen LogP contribution in [0.4, 0.5) is 5.00 Å². The number of amides is 1. The van der Waals surface area contributed by atoms with Crippen LogP contribution in [0, 0.1) is 0 Å². The van der Waals surface area contributed by atoms with Gasteiger partial charge in [0.05, 0.1) is 12.7 Å². The SMILES string of the molecule is O=C(COCC1CCCO1)Nc1ccns1. The van der Waals surface area contributed by atoms with Crippen molar-refractivity contribution in [2.75, 3.05) is 25.1 Å². The van der Waals surface area contributed by atoms with Gasteiger partial charge in [0.2, 0.25) is 0 Å². The molecule has 0 spiro atoms. The van der Waals surface area contributed by atoms with E-state index >= 15 is 0 Å². The summed E-state index contributed by atoms with van der Waals surface area (Å²) in [7, 11) is 0. The highest BCUT2D eigenvalue weighted by Crippen LogP contribution is 2.12. The number of aromatic nitrogens is 1. The Morgan fingerprint density at radius 2 is 2.69 bits per heavy atom. The molecule has 6 heteroatoms. The molecule has 1 aliphatic heterocycles. The Bertz CT molecular complexity index is 323. The van der Waals surface area contributed by atoms with E-state index in [-0.39, 0.29) is 18.6 Å². The van der Waals surface area contributed by atoms with Crippen molar-refractivity contribution in [3.05, 3.63) is 12.3 Å². The van der Waals surface area contributed by atoms with Crippen molar-refractivity contribution < 1.29 is 14.3 Å². The third kappa shape index (κ3) is 3.55. The molecular formula is C10H14N2O3S. The molecule has 16 heavy (non-hydrogen) atoms. The summed E-state index contributed by atoms with van der Waals surface area (Å²) >= 11 is 1.25. The van der Waals surface area contributed by atoms with Crippen molar-refractivity contribution in [2.24, 2.45) is 0 Å². The third-order valence-corrected chi connectivity index (χ3v) is 2.92. The normalized spacial score (nSPS) is 19.9. The molecule has 2 heterocycles. The lowest BCUT2D eigenvalue weighted by Gasteiger charge is -2.09.